The van der Waals surface area contributed by atoms with Gasteiger partial charge in [0, 0.05) is 24.7 Å². The molecule has 2 saturated heterocycles. The Morgan fingerprint density at radius 3 is 2.63 bits per heavy atom. The molecule has 2 N–H and O–H groups in total. The van der Waals surface area contributed by atoms with Gasteiger partial charge in [-0.2, -0.15) is 5.26 Å². The largest absolute Gasteiger partial charge is 0.326 e. The highest BCUT2D eigenvalue weighted by molar-refractivity contribution is 5.71. The maximum atomic E-state index is 14.2. The Morgan fingerprint density at radius 2 is 2.00 bits per heavy atom. The zero-order valence-electron chi connectivity index (χ0n) is 15.4. The first-order chi connectivity index (χ1) is 13.2. The second-order valence-corrected chi connectivity index (χ2v) is 8.33. The van der Waals surface area contributed by atoms with E-state index in [0.29, 0.717) is 24.0 Å². The zero-order valence-corrected chi connectivity index (χ0v) is 15.4. The second kappa shape index (κ2) is 6.44. The summed E-state index contributed by atoms with van der Waals surface area (Å²) in [4.78, 5) is 2.61. The lowest BCUT2D eigenvalue weighted by Crippen LogP contribution is -2.36. The molecule has 3 nitrogen and oxygen atoms in total. The van der Waals surface area contributed by atoms with Gasteiger partial charge < -0.3 is 5.73 Å². The quantitative estimate of drug-likeness (QED) is 0.883. The van der Waals surface area contributed by atoms with Crippen LogP contribution in [0.3, 0.4) is 0 Å². The monoisotopic (exact) mass is 361 g/mol. The van der Waals surface area contributed by atoms with Crippen LogP contribution >= 0.6 is 0 Å². The second-order valence-electron chi connectivity index (χ2n) is 8.33. The predicted octanol–water partition coefficient (Wildman–Crippen LogP) is 4.31. The van der Waals surface area contributed by atoms with Crippen LogP contribution in [0.2, 0.25) is 0 Å². The molecule has 0 radical (unpaired) electrons. The van der Waals surface area contributed by atoms with Crippen molar-refractivity contribution in [2.45, 2.75) is 62.7 Å². The Hall–Kier alpha value is -2.22. The van der Waals surface area contributed by atoms with Gasteiger partial charge in [0.1, 0.15) is 11.9 Å². The minimum atomic E-state index is -0.439. The zero-order chi connectivity index (χ0) is 18.5. The van der Waals surface area contributed by atoms with Crippen molar-refractivity contribution in [1.82, 2.24) is 4.90 Å². The average molecular weight is 361 g/mol. The van der Waals surface area contributed by atoms with Crippen LogP contribution in [0.25, 0.3) is 11.1 Å². The summed E-state index contributed by atoms with van der Waals surface area (Å²) >= 11 is 0. The number of nitriles is 1. The van der Waals surface area contributed by atoms with Crippen LogP contribution in [0.5, 0.6) is 0 Å². The molecule has 1 saturated carbocycles. The van der Waals surface area contributed by atoms with E-state index in [-0.39, 0.29) is 5.56 Å². The highest BCUT2D eigenvalue weighted by Gasteiger charge is 2.44. The van der Waals surface area contributed by atoms with E-state index in [9.17, 15) is 4.39 Å². The minimum Gasteiger partial charge on any atom is -0.326 e. The summed E-state index contributed by atoms with van der Waals surface area (Å²) in [5.41, 5.74) is 11.2. The van der Waals surface area contributed by atoms with Crippen molar-refractivity contribution < 1.29 is 4.39 Å². The maximum Gasteiger partial charge on any atom is 0.141 e. The molecule has 0 aromatic heterocycles. The number of benzene rings is 2. The van der Waals surface area contributed by atoms with E-state index < -0.39 is 5.82 Å². The number of rotatable bonds is 4. The van der Waals surface area contributed by atoms with E-state index in [0.717, 1.165) is 24.1 Å². The molecule has 27 heavy (non-hydrogen) atoms. The average Bonchev–Trinajstić information content (AvgIpc) is 3.39. The molecule has 0 spiro atoms. The highest BCUT2D eigenvalue weighted by Crippen LogP contribution is 2.47. The van der Waals surface area contributed by atoms with Crippen molar-refractivity contribution in [3.05, 3.63) is 58.9 Å². The lowest BCUT2D eigenvalue weighted by molar-refractivity contribution is 0.238. The van der Waals surface area contributed by atoms with Crippen molar-refractivity contribution >= 4 is 0 Å². The smallest absolute Gasteiger partial charge is 0.141 e. The SMILES string of the molecule is N#Cc1ccc(-c2cccc(CN3[C@@H]4CC[C@H]3[C@@H](N)C4)c2C2CC2)cc1F. The molecule has 2 aromatic carbocycles. The summed E-state index contributed by atoms with van der Waals surface area (Å²) in [5.74, 6) is 0.134. The molecule has 3 atom stereocenters. The first-order valence-electron chi connectivity index (χ1n) is 9.99. The third-order valence-corrected chi connectivity index (χ3v) is 6.66. The van der Waals surface area contributed by atoms with Gasteiger partial charge in [0.2, 0.25) is 0 Å². The topological polar surface area (TPSA) is 53.0 Å². The van der Waals surface area contributed by atoms with Gasteiger partial charge in [-0.25, -0.2) is 4.39 Å². The van der Waals surface area contributed by atoms with Crippen molar-refractivity contribution in [1.29, 1.82) is 5.26 Å². The van der Waals surface area contributed by atoms with E-state index in [4.69, 9.17) is 11.0 Å². The molecular weight excluding hydrogens is 337 g/mol. The fourth-order valence-electron chi connectivity index (χ4n) is 5.22. The van der Waals surface area contributed by atoms with Gasteiger partial charge in [-0.15, -0.1) is 0 Å². The fourth-order valence-corrected chi connectivity index (χ4v) is 5.22. The summed E-state index contributed by atoms with van der Waals surface area (Å²) in [5, 5.41) is 9.01. The Kier molecular flexibility index (Phi) is 4.03. The van der Waals surface area contributed by atoms with Gasteiger partial charge in [0.05, 0.1) is 5.56 Å². The van der Waals surface area contributed by atoms with Crippen LogP contribution in [0.4, 0.5) is 4.39 Å². The Morgan fingerprint density at radius 1 is 1.15 bits per heavy atom. The molecule has 2 heterocycles. The predicted molar refractivity (Wildman–Crippen MR) is 103 cm³/mol. The van der Waals surface area contributed by atoms with Crippen molar-refractivity contribution in [3.8, 4) is 17.2 Å². The number of hydrogen-bond acceptors (Lipinski definition) is 3. The van der Waals surface area contributed by atoms with Crippen LogP contribution in [-0.4, -0.2) is 23.0 Å². The number of hydrogen-bond donors (Lipinski definition) is 1. The molecule has 2 aliphatic heterocycles. The number of fused-ring (bicyclic) bond motifs is 2. The van der Waals surface area contributed by atoms with Crippen LogP contribution in [0.1, 0.15) is 54.7 Å². The number of halogens is 1. The van der Waals surface area contributed by atoms with E-state index in [1.165, 1.54) is 42.9 Å². The summed E-state index contributed by atoms with van der Waals surface area (Å²) in [6, 6.07) is 14.8. The summed E-state index contributed by atoms with van der Waals surface area (Å²) < 4.78 is 14.2. The molecule has 2 bridgehead atoms. The van der Waals surface area contributed by atoms with Gasteiger partial charge in [-0.3, -0.25) is 4.90 Å². The van der Waals surface area contributed by atoms with Gasteiger partial charge >= 0.3 is 0 Å². The molecule has 1 aliphatic carbocycles. The number of nitrogens with two attached hydrogens (primary N) is 1. The third kappa shape index (κ3) is 2.86. The molecule has 3 fully saturated rings. The molecule has 5 rings (SSSR count). The normalized spacial score (nSPS) is 27.1. The lowest BCUT2D eigenvalue weighted by Gasteiger charge is -2.25. The molecule has 0 unspecified atom stereocenters. The minimum absolute atomic E-state index is 0.102. The van der Waals surface area contributed by atoms with Gasteiger partial charge in [-0.05, 0) is 72.4 Å². The van der Waals surface area contributed by atoms with Gasteiger partial charge in [0.15, 0.2) is 0 Å². The van der Waals surface area contributed by atoms with E-state index >= 15 is 0 Å². The van der Waals surface area contributed by atoms with E-state index in [2.05, 4.69) is 23.1 Å². The Balaban J connectivity index is 1.53. The molecular formula is C23H24FN3. The van der Waals surface area contributed by atoms with E-state index in [1.54, 1.807) is 6.07 Å². The first kappa shape index (κ1) is 16.9. The van der Waals surface area contributed by atoms with Crippen molar-refractivity contribution in [2.24, 2.45) is 5.73 Å². The van der Waals surface area contributed by atoms with Crippen LogP contribution in [0.15, 0.2) is 36.4 Å². The molecule has 2 aromatic rings. The maximum absolute atomic E-state index is 14.2. The van der Waals surface area contributed by atoms with Gasteiger partial charge in [-0.1, -0.05) is 24.3 Å². The van der Waals surface area contributed by atoms with E-state index in [1.807, 2.05) is 12.1 Å². The first-order valence-corrected chi connectivity index (χ1v) is 9.99. The molecule has 0 amide bonds. The standard InChI is InChI=1S/C23H24FN3/c24-20-10-15(6-7-16(20)12-25)19-3-1-2-17(23(19)14-4-5-14)13-27-18-8-9-22(27)21(26)11-18/h1-3,6-7,10,14,18,21-22H,4-5,8-9,11,13,26H2/t18-,21+,22+/m1/s1. The van der Waals surface area contributed by atoms with Crippen molar-refractivity contribution in [3.63, 3.8) is 0 Å². The van der Waals surface area contributed by atoms with Crippen molar-refractivity contribution in [2.75, 3.05) is 0 Å². The summed E-state index contributed by atoms with van der Waals surface area (Å²) in [7, 11) is 0. The number of nitrogens with zero attached hydrogens (tertiary/aromatic N) is 2. The third-order valence-electron chi connectivity index (χ3n) is 6.66. The van der Waals surface area contributed by atoms with Crippen LogP contribution in [-0.2, 0) is 6.54 Å². The molecule has 4 heteroatoms. The Labute approximate surface area is 159 Å². The van der Waals surface area contributed by atoms with Crippen LogP contribution < -0.4 is 5.73 Å². The van der Waals surface area contributed by atoms with Gasteiger partial charge in [0.25, 0.3) is 0 Å². The lowest BCUT2D eigenvalue weighted by atomic mass is 9.91. The fraction of sp³-hybridized carbons (Fsp3) is 0.435. The highest BCUT2D eigenvalue weighted by atomic mass is 19.1. The van der Waals surface area contributed by atoms with Crippen LogP contribution in [0, 0.1) is 17.1 Å². The Bertz CT molecular complexity index is 928. The summed E-state index contributed by atoms with van der Waals surface area (Å²) in [6.07, 6.45) is 6.00. The molecule has 3 aliphatic rings. The summed E-state index contributed by atoms with van der Waals surface area (Å²) in [6.45, 7) is 0.946. The molecule has 138 valence electrons.